The van der Waals surface area contributed by atoms with Gasteiger partial charge in [0.1, 0.15) is 0 Å². The third-order valence-electron chi connectivity index (χ3n) is 5.99. The van der Waals surface area contributed by atoms with E-state index in [1.165, 1.54) is 43.6 Å². The zero-order valence-electron chi connectivity index (χ0n) is 16.6. The highest BCUT2D eigenvalue weighted by atomic mass is 16.5. The number of hydrogen-bond acceptors (Lipinski definition) is 8. The Bertz CT molecular complexity index is 597. The fourth-order valence-corrected chi connectivity index (χ4v) is 4.30. The molecule has 0 unspecified atom stereocenters. The van der Waals surface area contributed by atoms with Gasteiger partial charge in [0.2, 0.25) is 11.8 Å². The number of amides is 1. The van der Waals surface area contributed by atoms with Crippen LogP contribution in [0.25, 0.3) is 0 Å². The fraction of sp³-hybridized carbons (Fsp3) is 0.842. The van der Waals surface area contributed by atoms with Crippen molar-refractivity contribution in [3.05, 3.63) is 11.7 Å². The first-order chi connectivity index (χ1) is 13.6. The second kappa shape index (κ2) is 10.8. The van der Waals surface area contributed by atoms with Gasteiger partial charge in [0.25, 0.3) is 0 Å². The van der Waals surface area contributed by atoms with Crippen molar-refractivity contribution in [3.8, 4) is 0 Å². The standard InChI is InChI=1S/C19H33N5O4/c25-18(21-26)13-16(8-4-7-15-5-2-1-3-6-15)19-20-17(22-28-19)14-23-9-11-24(27)12-10-23/h15-16,26-27H,1-14H2,(H,21,25)/t16-/m0/s1. The molecule has 0 aromatic carbocycles. The first kappa shape index (κ1) is 21.2. The molecule has 9 heteroatoms. The molecular weight excluding hydrogens is 362 g/mol. The normalized spacial score (nSPS) is 20.9. The van der Waals surface area contributed by atoms with E-state index in [1.807, 2.05) is 0 Å². The molecule has 0 radical (unpaired) electrons. The van der Waals surface area contributed by atoms with Gasteiger partial charge in [0.05, 0.1) is 6.54 Å². The number of nitrogens with one attached hydrogen (secondary N) is 1. The summed E-state index contributed by atoms with van der Waals surface area (Å²) < 4.78 is 5.47. The fourth-order valence-electron chi connectivity index (χ4n) is 4.30. The van der Waals surface area contributed by atoms with E-state index in [0.717, 1.165) is 31.8 Å². The van der Waals surface area contributed by atoms with Gasteiger partial charge in [0, 0.05) is 38.5 Å². The molecule has 2 heterocycles. The molecule has 2 aliphatic rings. The van der Waals surface area contributed by atoms with Crippen LogP contribution in [0.3, 0.4) is 0 Å². The Morgan fingerprint density at radius 1 is 1.21 bits per heavy atom. The molecule has 1 saturated heterocycles. The van der Waals surface area contributed by atoms with Crippen LogP contribution in [0.15, 0.2) is 4.52 Å². The van der Waals surface area contributed by atoms with Crippen molar-refractivity contribution >= 4 is 5.91 Å². The van der Waals surface area contributed by atoms with Crippen molar-refractivity contribution in [2.75, 3.05) is 26.2 Å². The number of rotatable bonds is 9. The zero-order valence-corrected chi connectivity index (χ0v) is 16.6. The molecule has 0 bridgehead atoms. The largest absolute Gasteiger partial charge is 0.339 e. The maximum atomic E-state index is 11.7. The number of hydrogen-bond donors (Lipinski definition) is 3. The van der Waals surface area contributed by atoms with E-state index in [4.69, 9.17) is 9.73 Å². The van der Waals surface area contributed by atoms with Gasteiger partial charge in [-0.2, -0.15) is 10.0 Å². The molecule has 9 nitrogen and oxygen atoms in total. The van der Waals surface area contributed by atoms with E-state index in [2.05, 4.69) is 15.0 Å². The van der Waals surface area contributed by atoms with Crippen molar-refractivity contribution in [1.82, 2.24) is 25.6 Å². The second-order valence-corrected chi connectivity index (χ2v) is 8.15. The van der Waals surface area contributed by atoms with E-state index in [1.54, 1.807) is 5.48 Å². The molecular formula is C19H33N5O4. The quantitative estimate of drug-likeness (QED) is 0.431. The summed E-state index contributed by atoms with van der Waals surface area (Å²) in [5, 5.41) is 23.8. The van der Waals surface area contributed by atoms with Crippen LogP contribution in [0, 0.1) is 5.92 Å². The molecule has 1 amide bonds. The van der Waals surface area contributed by atoms with Gasteiger partial charge < -0.3 is 9.73 Å². The summed E-state index contributed by atoms with van der Waals surface area (Å²) in [6.07, 6.45) is 9.78. The van der Waals surface area contributed by atoms with Crippen LogP contribution in [-0.2, 0) is 11.3 Å². The van der Waals surface area contributed by atoms with Crippen LogP contribution >= 0.6 is 0 Å². The maximum absolute atomic E-state index is 11.7. The van der Waals surface area contributed by atoms with Crippen LogP contribution in [0.4, 0.5) is 0 Å². The average Bonchev–Trinajstić information content (AvgIpc) is 3.18. The topological polar surface area (TPSA) is 115 Å². The Hall–Kier alpha value is -1.55. The van der Waals surface area contributed by atoms with E-state index < -0.39 is 5.91 Å². The molecule has 0 spiro atoms. The van der Waals surface area contributed by atoms with Crippen LogP contribution in [0.1, 0.15) is 75.4 Å². The van der Waals surface area contributed by atoms with Crippen LogP contribution in [0.2, 0.25) is 0 Å². The molecule has 3 N–H and O–H groups in total. The number of carbonyl (C=O) groups is 1. The molecule has 158 valence electrons. The highest BCUT2D eigenvalue weighted by Gasteiger charge is 2.24. The Morgan fingerprint density at radius 3 is 2.68 bits per heavy atom. The third kappa shape index (κ3) is 6.51. The summed E-state index contributed by atoms with van der Waals surface area (Å²) in [6.45, 7) is 3.27. The molecule has 1 atom stereocenters. The summed E-state index contributed by atoms with van der Waals surface area (Å²) in [5.74, 6) is 1.27. The predicted molar refractivity (Wildman–Crippen MR) is 101 cm³/mol. The number of aromatic nitrogens is 2. The SMILES string of the molecule is O=C(C[C@H](CCCC1CCCCC1)c1nc(CN2CCN(O)CC2)no1)NO. The van der Waals surface area contributed by atoms with E-state index >= 15 is 0 Å². The highest BCUT2D eigenvalue weighted by molar-refractivity contribution is 5.75. The van der Waals surface area contributed by atoms with Gasteiger partial charge in [-0.05, 0) is 12.3 Å². The smallest absolute Gasteiger partial charge is 0.244 e. The second-order valence-electron chi connectivity index (χ2n) is 8.15. The molecule has 28 heavy (non-hydrogen) atoms. The summed E-state index contributed by atoms with van der Waals surface area (Å²) in [5.41, 5.74) is 1.72. The van der Waals surface area contributed by atoms with Gasteiger partial charge in [-0.15, -0.1) is 0 Å². The van der Waals surface area contributed by atoms with E-state index in [0.29, 0.717) is 31.3 Å². The minimum Gasteiger partial charge on any atom is -0.339 e. The Labute approximate surface area is 166 Å². The number of carbonyl (C=O) groups excluding carboxylic acids is 1. The molecule has 1 aromatic heterocycles. The summed E-state index contributed by atoms with van der Waals surface area (Å²) in [7, 11) is 0. The first-order valence-electron chi connectivity index (χ1n) is 10.6. The molecule has 1 aliphatic heterocycles. The number of hydroxylamine groups is 3. The molecule has 3 rings (SSSR count). The molecule has 1 aliphatic carbocycles. The van der Waals surface area contributed by atoms with Gasteiger partial charge in [-0.25, -0.2) is 5.48 Å². The minimum absolute atomic E-state index is 0.145. The molecule has 1 aromatic rings. The third-order valence-corrected chi connectivity index (χ3v) is 5.99. The lowest BCUT2D eigenvalue weighted by molar-refractivity contribution is -0.129. The van der Waals surface area contributed by atoms with Crippen molar-refractivity contribution < 1.29 is 19.7 Å². The summed E-state index contributed by atoms with van der Waals surface area (Å²) >= 11 is 0. The van der Waals surface area contributed by atoms with Crippen molar-refractivity contribution in [1.29, 1.82) is 0 Å². The van der Waals surface area contributed by atoms with Gasteiger partial charge in [-0.1, -0.05) is 50.1 Å². The number of nitrogens with zero attached hydrogens (tertiary/aromatic N) is 4. The van der Waals surface area contributed by atoms with E-state index in [9.17, 15) is 10.0 Å². The van der Waals surface area contributed by atoms with Gasteiger partial charge in [0.15, 0.2) is 5.82 Å². The lowest BCUT2D eigenvalue weighted by Gasteiger charge is -2.29. The summed E-state index contributed by atoms with van der Waals surface area (Å²) in [6, 6.07) is 0. The van der Waals surface area contributed by atoms with Gasteiger partial charge in [-0.3, -0.25) is 14.9 Å². The van der Waals surface area contributed by atoms with Crippen molar-refractivity contribution in [2.24, 2.45) is 5.92 Å². The van der Waals surface area contributed by atoms with E-state index in [-0.39, 0.29) is 12.3 Å². The monoisotopic (exact) mass is 395 g/mol. The van der Waals surface area contributed by atoms with Crippen LogP contribution in [0.5, 0.6) is 0 Å². The Kier molecular flexibility index (Phi) is 8.20. The predicted octanol–water partition coefficient (Wildman–Crippen LogP) is 2.31. The molecule has 2 fully saturated rings. The minimum atomic E-state index is -0.429. The average molecular weight is 396 g/mol. The maximum Gasteiger partial charge on any atom is 0.244 e. The zero-order chi connectivity index (χ0) is 19.8. The summed E-state index contributed by atoms with van der Waals surface area (Å²) in [4.78, 5) is 18.4. The van der Waals surface area contributed by atoms with Crippen LogP contribution in [-0.4, -0.2) is 62.6 Å². The highest BCUT2D eigenvalue weighted by Crippen LogP contribution is 2.31. The number of piperazine rings is 1. The van der Waals surface area contributed by atoms with Gasteiger partial charge >= 0.3 is 0 Å². The first-order valence-corrected chi connectivity index (χ1v) is 10.6. The van der Waals surface area contributed by atoms with Crippen LogP contribution < -0.4 is 5.48 Å². The Balaban J connectivity index is 1.53. The Morgan fingerprint density at radius 2 is 1.96 bits per heavy atom. The molecule has 1 saturated carbocycles. The lowest BCUT2D eigenvalue weighted by Crippen LogP contribution is -2.44. The van der Waals surface area contributed by atoms with Crippen molar-refractivity contribution in [2.45, 2.75) is 70.3 Å². The van der Waals surface area contributed by atoms with Crippen molar-refractivity contribution in [3.63, 3.8) is 0 Å². The lowest BCUT2D eigenvalue weighted by atomic mass is 9.84.